The van der Waals surface area contributed by atoms with E-state index in [1.165, 1.54) is 16.2 Å². The van der Waals surface area contributed by atoms with E-state index in [2.05, 4.69) is 0 Å². The maximum absolute atomic E-state index is 12.6. The first-order valence-corrected chi connectivity index (χ1v) is 9.00. The molecule has 0 saturated carbocycles. The predicted octanol–water partition coefficient (Wildman–Crippen LogP) is 3.43. The largest absolute Gasteiger partial charge is 0.351 e. The second-order valence-electron chi connectivity index (χ2n) is 5.95. The van der Waals surface area contributed by atoms with Gasteiger partial charge in [-0.3, -0.25) is 10.0 Å². The van der Waals surface area contributed by atoms with Crippen molar-refractivity contribution in [3.8, 4) is 0 Å². The molecule has 2 aromatic rings. The third-order valence-corrected chi connectivity index (χ3v) is 5.79. The van der Waals surface area contributed by atoms with Crippen LogP contribution in [-0.4, -0.2) is 33.7 Å². The minimum absolute atomic E-state index is 0.395. The minimum atomic E-state index is -0.508. The lowest BCUT2D eigenvalue weighted by Gasteiger charge is -2.24. The van der Waals surface area contributed by atoms with E-state index < -0.39 is 18.0 Å². The van der Waals surface area contributed by atoms with Crippen LogP contribution < -0.4 is 5.73 Å². The van der Waals surface area contributed by atoms with Crippen molar-refractivity contribution in [2.75, 3.05) is 6.54 Å². The van der Waals surface area contributed by atoms with Gasteiger partial charge in [0.05, 0.1) is 10.9 Å². The van der Waals surface area contributed by atoms with Gasteiger partial charge in [0.2, 0.25) is 0 Å². The van der Waals surface area contributed by atoms with Crippen molar-refractivity contribution < 1.29 is 14.8 Å². The first-order valence-electron chi connectivity index (χ1n) is 7.80. The average Bonchev–Trinajstić information content (AvgIpc) is 3.03. The number of fused-ring (bicyclic) bond motifs is 1. The van der Waals surface area contributed by atoms with Crippen molar-refractivity contribution in [2.45, 2.75) is 25.9 Å². The van der Waals surface area contributed by atoms with E-state index in [9.17, 15) is 14.8 Å². The summed E-state index contributed by atoms with van der Waals surface area (Å²) in [5.74, 6) is -0.465. The normalized spacial score (nSPS) is 14.8. The highest BCUT2D eigenvalue weighted by Gasteiger charge is 2.27. The van der Waals surface area contributed by atoms with Crippen LogP contribution in [-0.2, 0) is 13.0 Å². The van der Waals surface area contributed by atoms with Crippen LogP contribution in [0.3, 0.4) is 0 Å². The van der Waals surface area contributed by atoms with Crippen LogP contribution in [0.1, 0.15) is 38.6 Å². The molecule has 8 heteroatoms. The number of halogens is 1. The molecule has 0 unspecified atom stereocenters. The Kier molecular flexibility index (Phi) is 4.99. The Labute approximate surface area is 154 Å². The molecular weight excluding hydrogens is 362 g/mol. The second-order valence-corrected chi connectivity index (χ2v) is 7.52. The number of hydrogen-bond donors (Lipinski definition) is 2. The average molecular weight is 380 g/mol. The van der Waals surface area contributed by atoms with Crippen LogP contribution in [0.2, 0.25) is 5.02 Å². The van der Waals surface area contributed by atoms with Crippen molar-refractivity contribution >= 4 is 34.9 Å². The molecule has 3 rings (SSSR count). The van der Waals surface area contributed by atoms with Gasteiger partial charge in [-0.2, -0.15) is 0 Å². The molecule has 25 heavy (non-hydrogen) atoms. The zero-order valence-electron chi connectivity index (χ0n) is 13.6. The summed E-state index contributed by atoms with van der Waals surface area (Å²) >= 11 is 7.22. The van der Waals surface area contributed by atoms with Crippen LogP contribution in [0.25, 0.3) is 0 Å². The topological polar surface area (TPSA) is 86.9 Å². The molecule has 1 atom stereocenters. The highest BCUT2D eigenvalue weighted by Crippen LogP contribution is 2.30. The van der Waals surface area contributed by atoms with Gasteiger partial charge < -0.3 is 10.6 Å². The van der Waals surface area contributed by atoms with Gasteiger partial charge in [0.1, 0.15) is 0 Å². The number of carbonyl (C=O) groups is 2. The Hall–Kier alpha value is -2.09. The summed E-state index contributed by atoms with van der Waals surface area (Å²) in [6.45, 7) is 2.68. The molecule has 1 aromatic heterocycles. The number of hydroxylamine groups is 2. The highest BCUT2D eigenvalue weighted by molar-refractivity contribution is 7.14. The number of amides is 3. The lowest BCUT2D eigenvalue weighted by molar-refractivity contribution is -0.0851. The molecule has 0 bridgehead atoms. The van der Waals surface area contributed by atoms with E-state index >= 15 is 0 Å². The van der Waals surface area contributed by atoms with Crippen molar-refractivity contribution in [3.63, 3.8) is 0 Å². The fraction of sp³-hybridized carbons (Fsp3) is 0.294. The Morgan fingerprint density at radius 3 is 2.68 bits per heavy atom. The zero-order valence-corrected chi connectivity index (χ0v) is 15.2. The van der Waals surface area contributed by atoms with E-state index in [1.54, 1.807) is 37.3 Å². The number of nitrogens with two attached hydrogens (primary N) is 1. The number of carbonyl (C=O) groups excluding carboxylic acids is 2. The van der Waals surface area contributed by atoms with Gasteiger partial charge in [0.25, 0.3) is 5.91 Å². The van der Waals surface area contributed by atoms with Gasteiger partial charge in [0.15, 0.2) is 0 Å². The first kappa shape index (κ1) is 17.7. The van der Waals surface area contributed by atoms with Gasteiger partial charge in [-0.25, -0.2) is 9.86 Å². The summed E-state index contributed by atoms with van der Waals surface area (Å²) < 4.78 is 0. The van der Waals surface area contributed by atoms with Crippen LogP contribution in [0, 0.1) is 0 Å². The number of benzene rings is 1. The third kappa shape index (κ3) is 3.63. The minimum Gasteiger partial charge on any atom is -0.351 e. The Bertz CT molecular complexity index is 806. The van der Waals surface area contributed by atoms with E-state index in [1.807, 2.05) is 0 Å². The molecule has 1 aliphatic rings. The maximum atomic E-state index is 12.6. The maximum Gasteiger partial charge on any atom is 0.315 e. The molecule has 0 spiro atoms. The van der Waals surface area contributed by atoms with Gasteiger partial charge in [-0.05, 0) is 42.7 Å². The van der Waals surface area contributed by atoms with E-state index in [0.717, 1.165) is 21.1 Å². The highest BCUT2D eigenvalue weighted by atomic mass is 35.5. The smallest absolute Gasteiger partial charge is 0.315 e. The second kappa shape index (κ2) is 7.03. The number of rotatable bonds is 3. The summed E-state index contributed by atoms with van der Waals surface area (Å²) in [5.41, 5.74) is 7.01. The van der Waals surface area contributed by atoms with Crippen molar-refractivity contribution in [1.82, 2.24) is 9.96 Å². The molecule has 3 amide bonds. The summed E-state index contributed by atoms with van der Waals surface area (Å²) in [5, 5.41) is 11.7. The lowest BCUT2D eigenvalue weighted by atomic mass is 10.1. The molecule has 1 aromatic carbocycles. The zero-order chi connectivity index (χ0) is 18.1. The van der Waals surface area contributed by atoms with Crippen LogP contribution >= 0.6 is 22.9 Å². The molecular formula is C17H18ClN3O3S. The predicted molar refractivity (Wildman–Crippen MR) is 95.8 cm³/mol. The number of primary amides is 1. The summed E-state index contributed by atoms with van der Waals surface area (Å²) in [4.78, 5) is 27.0. The quantitative estimate of drug-likeness (QED) is 0.632. The number of hydrogen-bond acceptors (Lipinski definition) is 4. The van der Waals surface area contributed by atoms with Gasteiger partial charge in [-0.15, -0.1) is 11.3 Å². The fourth-order valence-corrected chi connectivity index (χ4v) is 4.02. The summed E-state index contributed by atoms with van der Waals surface area (Å²) in [6, 6.07) is 7.73. The van der Waals surface area contributed by atoms with Crippen molar-refractivity contribution in [2.24, 2.45) is 5.73 Å². The standard InChI is InChI=1S/C17H18ClN3O3S/c1-10(11-2-4-13(18)5-3-11)21(24)16(22)15-8-12-9-20(17(19)23)7-6-14(12)25-15/h2-5,8,10,24H,6-7,9H2,1H3,(H2,19,23)/t10-/m0/s1. The van der Waals surface area contributed by atoms with E-state index in [4.69, 9.17) is 17.3 Å². The lowest BCUT2D eigenvalue weighted by Crippen LogP contribution is -2.38. The Morgan fingerprint density at radius 1 is 1.36 bits per heavy atom. The summed E-state index contributed by atoms with van der Waals surface area (Å²) in [6.07, 6.45) is 0.661. The fourth-order valence-electron chi connectivity index (χ4n) is 2.80. The third-order valence-electron chi connectivity index (χ3n) is 4.32. The van der Waals surface area contributed by atoms with Crippen LogP contribution in [0.4, 0.5) is 4.79 Å². The molecule has 3 N–H and O–H groups in total. The number of nitrogens with zero attached hydrogens (tertiary/aromatic N) is 2. The number of thiophene rings is 1. The first-order chi connectivity index (χ1) is 11.9. The van der Waals surface area contributed by atoms with Crippen LogP contribution in [0.5, 0.6) is 0 Å². The Morgan fingerprint density at radius 2 is 2.04 bits per heavy atom. The van der Waals surface area contributed by atoms with Gasteiger partial charge in [-0.1, -0.05) is 23.7 Å². The van der Waals surface area contributed by atoms with E-state index in [-0.39, 0.29) is 0 Å². The Balaban J connectivity index is 1.77. The van der Waals surface area contributed by atoms with Gasteiger partial charge >= 0.3 is 6.03 Å². The molecule has 0 radical (unpaired) electrons. The SMILES string of the molecule is C[C@@H](c1ccc(Cl)cc1)N(O)C(=O)c1cc2c(s1)CCN(C(N)=O)C2. The molecule has 0 aliphatic carbocycles. The molecule has 2 heterocycles. The monoisotopic (exact) mass is 379 g/mol. The molecule has 1 aliphatic heterocycles. The molecule has 0 saturated heterocycles. The van der Waals surface area contributed by atoms with Crippen LogP contribution in [0.15, 0.2) is 30.3 Å². The number of urea groups is 1. The van der Waals surface area contributed by atoms with Crippen molar-refractivity contribution in [3.05, 3.63) is 56.2 Å². The molecule has 6 nitrogen and oxygen atoms in total. The molecule has 132 valence electrons. The summed E-state index contributed by atoms with van der Waals surface area (Å²) in [7, 11) is 0. The molecule has 0 fully saturated rings. The van der Waals surface area contributed by atoms with Crippen molar-refractivity contribution in [1.29, 1.82) is 0 Å². The van der Waals surface area contributed by atoms with E-state index in [0.29, 0.717) is 29.4 Å². The van der Waals surface area contributed by atoms with Gasteiger partial charge in [0, 0.05) is 23.0 Å².